The van der Waals surface area contributed by atoms with Gasteiger partial charge in [-0.3, -0.25) is 0 Å². The summed E-state index contributed by atoms with van der Waals surface area (Å²) in [5.41, 5.74) is 0. The second kappa shape index (κ2) is 5.46. The van der Waals surface area contributed by atoms with Gasteiger partial charge in [0.1, 0.15) is 18.1 Å². The highest BCUT2D eigenvalue weighted by Gasteiger charge is 2.21. The molecule has 1 aromatic carbocycles. The Kier molecular flexibility index (Phi) is 4.24. The smallest absolute Gasteiger partial charge is 0.219 e. The Morgan fingerprint density at radius 1 is 1.47 bits per heavy atom. The van der Waals surface area contributed by atoms with Gasteiger partial charge in [0.2, 0.25) is 9.84 Å². The molecule has 0 bridgehead atoms. The summed E-state index contributed by atoms with van der Waals surface area (Å²) < 4.78 is 41.2. The van der Waals surface area contributed by atoms with E-state index in [0.29, 0.717) is 0 Å². The first-order valence-electron chi connectivity index (χ1n) is 4.75. The van der Waals surface area contributed by atoms with Crippen molar-refractivity contribution in [2.75, 3.05) is 6.61 Å². The molecule has 0 atom stereocenters. The number of ether oxygens (including phenoxy) is 1. The van der Waals surface area contributed by atoms with Gasteiger partial charge in [-0.1, -0.05) is 0 Å². The van der Waals surface area contributed by atoms with E-state index in [1.807, 2.05) is 0 Å². The number of benzene rings is 1. The van der Waals surface area contributed by atoms with Crippen LogP contribution in [-0.2, 0) is 14.6 Å². The van der Waals surface area contributed by atoms with Crippen molar-refractivity contribution in [3.63, 3.8) is 0 Å². The summed E-state index contributed by atoms with van der Waals surface area (Å²) in [5, 5.41) is 8.75. The zero-order valence-corrected chi connectivity index (χ0v) is 9.87. The SMILES string of the molecule is CCOC=C(C#N)S(=O)(=O)c1ccc(F)cc1. The summed E-state index contributed by atoms with van der Waals surface area (Å²) in [5.74, 6) is -0.545. The van der Waals surface area contributed by atoms with E-state index in [0.717, 1.165) is 30.5 Å². The van der Waals surface area contributed by atoms with Crippen LogP contribution in [-0.4, -0.2) is 15.0 Å². The van der Waals surface area contributed by atoms with Gasteiger partial charge in [0.15, 0.2) is 4.91 Å². The van der Waals surface area contributed by atoms with Crippen molar-refractivity contribution in [1.82, 2.24) is 0 Å². The third kappa shape index (κ3) is 3.04. The first-order chi connectivity index (χ1) is 8.02. The van der Waals surface area contributed by atoms with E-state index in [1.165, 1.54) is 0 Å². The van der Waals surface area contributed by atoms with E-state index in [-0.39, 0.29) is 11.5 Å². The average Bonchev–Trinajstić information content (AvgIpc) is 2.30. The summed E-state index contributed by atoms with van der Waals surface area (Å²) in [6.45, 7) is 1.92. The summed E-state index contributed by atoms with van der Waals surface area (Å²) in [6, 6.07) is 5.78. The van der Waals surface area contributed by atoms with Crippen molar-refractivity contribution in [3.05, 3.63) is 41.2 Å². The maximum Gasteiger partial charge on any atom is 0.219 e. The Morgan fingerprint density at radius 3 is 2.53 bits per heavy atom. The quantitative estimate of drug-likeness (QED) is 0.469. The molecule has 0 aliphatic carbocycles. The Morgan fingerprint density at radius 2 is 2.06 bits per heavy atom. The molecule has 0 N–H and O–H groups in total. The van der Waals surface area contributed by atoms with Crippen LogP contribution >= 0.6 is 0 Å². The predicted octanol–water partition coefficient (Wildman–Crippen LogP) is 2.00. The Bertz CT molecular complexity index is 555. The fraction of sp³-hybridized carbons (Fsp3) is 0.182. The molecule has 0 aliphatic heterocycles. The van der Waals surface area contributed by atoms with Crippen molar-refractivity contribution >= 4 is 9.84 Å². The summed E-state index contributed by atoms with van der Waals surface area (Å²) >= 11 is 0. The lowest BCUT2D eigenvalue weighted by Gasteiger charge is -2.02. The monoisotopic (exact) mass is 255 g/mol. The Labute approximate surface area is 98.9 Å². The number of nitriles is 1. The molecule has 0 heterocycles. The molecule has 4 nitrogen and oxygen atoms in total. The van der Waals surface area contributed by atoms with Gasteiger partial charge in [-0.25, -0.2) is 12.8 Å². The van der Waals surface area contributed by atoms with E-state index in [1.54, 1.807) is 13.0 Å². The molecule has 17 heavy (non-hydrogen) atoms. The molecule has 0 spiro atoms. The van der Waals surface area contributed by atoms with Crippen LogP contribution in [0.1, 0.15) is 6.92 Å². The lowest BCUT2D eigenvalue weighted by molar-refractivity contribution is 0.268. The average molecular weight is 255 g/mol. The van der Waals surface area contributed by atoms with Gasteiger partial charge < -0.3 is 4.74 Å². The van der Waals surface area contributed by atoms with Crippen molar-refractivity contribution in [2.24, 2.45) is 0 Å². The molecule has 1 aromatic rings. The van der Waals surface area contributed by atoms with Gasteiger partial charge in [0, 0.05) is 0 Å². The fourth-order valence-electron chi connectivity index (χ4n) is 1.05. The molecular formula is C11H10FNO3S. The van der Waals surface area contributed by atoms with Gasteiger partial charge in [-0.2, -0.15) is 5.26 Å². The molecule has 0 aromatic heterocycles. The molecule has 0 radical (unpaired) electrons. The molecule has 0 fully saturated rings. The normalized spacial score (nSPS) is 11.9. The molecule has 0 aliphatic rings. The van der Waals surface area contributed by atoms with Crippen LogP contribution in [0.5, 0.6) is 0 Å². The van der Waals surface area contributed by atoms with Crippen LogP contribution in [0.15, 0.2) is 40.3 Å². The third-order valence-corrected chi connectivity index (χ3v) is 3.54. The van der Waals surface area contributed by atoms with Crippen molar-refractivity contribution < 1.29 is 17.5 Å². The number of nitrogens with zero attached hydrogens (tertiary/aromatic N) is 1. The summed E-state index contributed by atoms with van der Waals surface area (Å²) in [7, 11) is -3.93. The second-order valence-corrected chi connectivity index (χ2v) is 4.92. The molecule has 0 unspecified atom stereocenters. The fourth-order valence-corrected chi connectivity index (χ4v) is 2.11. The topological polar surface area (TPSA) is 67.2 Å². The molecule has 90 valence electrons. The lowest BCUT2D eigenvalue weighted by Crippen LogP contribution is -2.04. The van der Waals surface area contributed by atoms with E-state index < -0.39 is 20.6 Å². The maximum atomic E-state index is 12.7. The molecule has 6 heteroatoms. The van der Waals surface area contributed by atoms with Gasteiger partial charge in [0.25, 0.3) is 0 Å². The number of rotatable bonds is 4. The Balaban J connectivity index is 3.19. The highest BCUT2D eigenvalue weighted by atomic mass is 32.2. The lowest BCUT2D eigenvalue weighted by atomic mass is 10.4. The van der Waals surface area contributed by atoms with Gasteiger partial charge in [0.05, 0.1) is 11.5 Å². The van der Waals surface area contributed by atoms with Gasteiger partial charge in [-0.05, 0) is 31.2 Å². The number of hydrogen-bond donors (Lipinski definition) is 0. The van der Waals surface area contributed by atoms with Crippen LogP contribution in [0.2, 0.25) is 0 Å². The molecule has 0 saturated heterocycles. The zero-order chi connectivity index (χ0) is 12.9. The van der Waals surface area contributed by atoms with Crippen LogP contribution < -0.4 is 0 Å². The second-order valence-electron chi connectivity index (χ2n) is 3.01. The highest BCUT2D eigenvalue weighted by molar-refractivity contribution is 7.95. The first-order valence-corrected chi connectivity index (χ1v) is 6.23. The number of sulfone groups is 1. The summed E-state index contributed by atoms with van der Waals surface area (Å²) in [6.07, 6.45) is 0.888. The largest absolute Gasteiger partial charge is 0.499 e. The zero-order valence-electron chi connectivity index (χ0n) is 9.05. The number of halogens is 1. The van der Waals surface area contributed by atoms with Crippen LogP contribution in [0.25, 0.3) is 0 Å². The molecule has 0 saturated carbocycles. The van der Waals surface area contributed by atoms with Crippen LogP contribution in [0.4, 0.5) is 4.39 Å². The van der Waals surface area contributed by atoms with Crippen molar-refractivity contribution in [3.8, 4) is 6.07 Å². The van der Waals surface area contributed by atoms with E-state index in [9.17, 15) is 12.8 Å². The standard InChI is InChI=1S/C11H10FNO3S/c1-2-16-8-11(7-13)17(14,15)10-5-3-9(12)4-6-10/h3-6,8H,2H2,1H3. The van der Waals surface area contributed by atoms with Crippen LogP contribution in [0.3, 0.4) is 0 Å². The van der Waals surface area contributed by atoms with Crippen molar-refractivity contribution in [2.45, 2.75) is 11.8 Å². The predicted molar refractivity (Wildman–Crippen MR) is 58.9 cm³/mol. The minimum atomic E-state index is -3.93. The van der Waals surface area contributed by atoms with E-state index in [2.05, 4.69) is 0 Å². The molecule has 1 rings (SSSR count). The minimum absolute atomic E-state index is 0.147. The summed E-state index contributed by atoms with van der Waals surface area (Å²) in [4.78, 5) is -0.655. The number of allylic oxidation sites excluding steroid dienone is 1. The van der Waals surface area contributed by atoms with Crippen LogP contribution in [0, 0.1) is 17.1 Å². The maximum absolute atomic E-state index is 12.7. The molecular weight excluding hydrogens is 245 g/mol. The third-order valence-electron chi connectivity index (χ3n) is 1.88. The highest BCUT2D eigenvalue weighted by Crippen LogP contribution is 2.19. The van der Waals surface area contributed by atoms with Gasteiger partial charge in [-0.15, -0.1) is 0 Å². The van der Waals surface area contributed by atoms with Crippen molar-refractivity contribution in [1.29, 1.82) is 5.26 Å². The molecule has 0 amide bonds. The van der Waals surface area contributed by atoms with E-state index in [4.69, 9.17) is 10.00 Å². The first kappa shape index (κ1) is 13.2. The minimum Gasteiger partial charge on any atom is -0.499 e. The number of hydrogen-bond acceptors (Lipinski definition) is 4. The van der Waals surface area contributed by atoms with E-state index >= 15 is 0 Å². The Hall–Kier alpha value is -1.87. The van der Waals surface area contributed by atoms with Gasteiger partial charge >= 0.3 is 0 Å².